The van der Waals surface area contributed by atoms with Crippen molar-refractivity contribution in [2.75, 3.05) is 44.2 Å². The highest BCUT2D eigenvalue weighted by atomic mass is 35.5. The predicted octanol–water partition coefficient (Wildman–Crippen LogP) is 3.92. The maximum atomic E-state index is 12.9. The zero-order valence-electron chi connectivity index (χ0n) is 19.4. The van der Waals surface area contributed by atoms with Crippen molar-refractivity contribution < 1.29 is 9.59 Å². The predicted molar refractivity (Wildman–Crippen MR) is 134 cm³/mol. The van der Waals surface area contributed by atoms with Crippen molar-refractivity contribution in [1.29, 1.82) is 0 Å². The molecule has 0 aliphatic carbocycles. The van der Waals surface area contributed by atoms with Crippen LogP contribution in [0.5, 0.6) is 0 Å². The number of nitrogens with zero attached hydrogens (tertiary/aromatic N) is 5. The van der Waals surface area contributed by atoms with Crippen LogP contribution in [0.25, 0.3) is 11.3 Å². The van der Waals surface area contributed by atoms with Crippen LogP contribution in [-0.4, -0.2) is 71.1 Å². The summed E-state index contributed by atoms with van der Waals surface area (Å²) < 4.78 is 0. The fourth-order valence-electron chi connectivity index (χ4n) is 3.92. The van der Waals surface area contributed by atoms with E-state index in [4.69, 9.17) is 11.6 Å². The van der Waals surface area contributed by atoms with Gasteiger partial charge in [-0.15, -0.1) is 10.2 Å². The van der Waals surface area contributed by atoms with Gasteiger partial charge in [0.25, 0.3) is 5.91 Å². The summed E-state index contributed by atoms with van der Waals surface area (Å²) in [5.74, 6) is 0.579. The first-order valence-electron chi connectivity index (χ1n) is 11.4. The van der Waals surface area contributed by atoms with Crippen molar-refractivity contribution in [3.05, 3.63) is 76.8 Å². The second-order valence-corrected chi connectivity index (χ2v) is 8.77. The quantitative estimate of drug-likeness (QED) is 0.538. The van der Waals surface area contributed by atoms with Crippen LogP contribution in [0.15, 0.2) is 60.7 Å². The molecule has 1 saturated heterocycles. The van der Waals surface area contributed by atoms with Crippen LogP contribution < -0.4 is 4.90 Å². The molecular formula is C26H28ClN5O2. The number of piperazine rings is 1. The van der Waals surface area contributed by atoms with Gasteiger partial charge >= 0.3 is 0 Å². The Morgan fingerprint density at radius 3 is 2.18 bits per heavy atom. The molecule has 3 aromatic rings. The summed E-state index contributed by atoms with van der Waals surface area (Å²) in [4.78, 5) is 31.2. The van der Waals surface area contributed by atoms with Gasteiger partial charge in [0, 0.05) is 48.9 Å². The van der Waals surface area contributed by atoms with Crippen LogP contribution in [0.2, 0.25) is 5.02 Å². The average Bonchev–Trinajstić information content (AvgIpc) is 2.88. The molecule has 1 fully saturated rings. The molecule has 8 heteroatoms. The van der Waals surface area contributed by atoms with Gasteiger partial charge in [0.15, 0.2) is 5.82 Å². The Kier molecular flexibility index (Phi) is 7.43. The van der Waals surface area contributed by atoms with Crippen LogP contribution in [0.4, 0.5) is 5.82 Å². The summed E-state index contributed by atoms with van der Waals surface area (Å²) in [6.45, 7) is 6.93. The zero-order valence-corrected chi connectivity index (χ0v) is 20.2. The van der Waals surface area contributed by atoms with Gasteiger partial charge in [0.1, 0.15) is 6.54 Å². The Labute approximate surface area is 205 Å². The minimum absolute atomic E-state index is 0.0513. The number of aryl methyl sites for hydroxylation is 1. The van der Waals surface area contributed by atoms with Gasteiger partial charge in [-0.2, -0.15) is 0 Å². The number of rotatable bonds is 6. The Morgan fingerprint density at radius 1 is 0.912 bits per heavy atom. The summed E-state index contributed by atoms with van der Waals surface area (Å²) >= 11 is 5.91. The highest BCUT2D eigenvalue weighted by Crippen LogP contribution is 2.20. The number of halogens is 1. The second kappa shape index (κ2) is 10.7. The summed E-state index contributed by atoms with van der Waals surface area (Å²) in [6, 6.07) is 18.9. The highest BCUT2D eigenvalue weighted by Gasteiger charge is 2.25. The number of aromatic nitrogens is 2. The molecule has 1 aromatic heterocycles. The van der Waals surface area contributed by atoms with E-state index in [0.717, 1.165) is 17.1 Å². The maximum absolute atomic E-state index is 12.9. The van der Waals surface area contributed by atoms with Crippen LogP contribution >= 0.6 is 11.6 Å². The third-order valence-electron chi connectivity index (χ3n) is 6.04. The second-order valence-electron chi connectivity index (χ2n) is 8.34. The van der Waals surface area contributed by atoms with E-state index in [1.54, 1.807) is 29.2 Å². The van der Waals surface area contributed by atoms with Crippen molar-refractivity contribution in [3.8, 4) is 11.3 Å². The minimum Gasteiger partial charge on any atom is -0.352 e. The largest absolute Gasteiger partial charge is 0.352 e. The molecule has 0 N–H and O–H groups in total. The molecule has 0 bridgehead atoms. The number of anilines is 1. The first-order chi connectivity index (χ1) is 16.4. The van der Waals surface area contributed by atoms with Gasteiger partial charge in [-0.05, 0) is 50.2 Å². The number of hydrogen-bond acceptors (Lipinski definition) is 5. The number of carbonyl (C=O) groups is 2. The van der Waals surface area contributed by atoms with E-state index in [1.807, 2.05) is 36.1 Å². The first kappa shape index (κ1) is 23.7. The van der Waals surface area contributed by atoms with E-state index in [1.165, 1.54) is 5.56 Å². The average molecular weight is 478 g/mol. The van der Waals surface area contributed by atoms with E-state index < -0.39 is 0 Å². The highest BCUT2D eigenvalue weighted by molar-refractivity contribution is 6.30. The minimum atomic E-state index is -0.171. The number of amides is 2. The summed E-state index contributed by atoms with van der Waals surface area (Å²) in [5.41, 5.74) is 3.60. The lowest BCUT2D eigenvalue weighted by atomic mass is 10.1. The van der Waals surface area contributed by atoms with Crippen molar-refractivity contribution in [2.24, 2.45) is 0 Å². The molecule has 0 unspecified atom stereocenters. The van der Waals surface area contributed by atoms with Crippen LogP contribution in [-0.2, 0) is 4.79 Å². The Morgan fingerprint density at radius 2 is 1.59 bits per heavy atom. The van der Waals surface area contributed by atoms with Gasteiger partial charge in [0.05, 0.1) is 5.69 Å². The third kappa shape index (κ3) is 5.54. The summed E-state index contributed by atoms with van der Waals surface area (Å²) in [7, 11) is 0. The summed E-state index contributed by atoms with van der Waals surface area (Å²) in [5, 5.41) is 9.37. The summed E-state index contributed by atoms with van der Waals surface area (Å²) in [6.07, 6.45) is 0. The number of hydrogen-bond donors (Lipinski definition) is 0. The van der Waals surface area contributed by atoms with E-state index in [2.05, 4.69) is 34.2 Å². The van der Waals surface area contributed by atoms with Crippen LogP contribution in [0.3, 0.4) is 0 Å². The van der Waals surface area contributed by atoms with Gasteiger partial charge < -0.3 is 14.7 Å². The lowest BCUT2D eigenvalue weighted by molar-refractivity contribution is -0.132. The molecule has 0 radical (unpaired) electrons. The van der Waals surface area contributed by atoms with E-state index in [-0.39, 0.29) is 18.4 Å². The molecule has 2 aromatic carbocycles. The Balaban J connectivity index is 1.32. The number of likely N-dealkylation sites (N-methyl/N-ethyl adjacent to an activating group) is 1. The van der Waals surface area contributed by atoms with E-state index in [0.29, 0.717) is 43.3 Å². The fourth-order valence-corrected chi connectivity index (χ4v) is 4.05. The molecule has 0 atom stereocenters. The molecule has 1 aliphatic rings. The molecule has 0 saturated carbocycles. The molecule has 176 valence electrons. The number of benzene rings is 2. The third-order valence-corrected chi connectivity index (χ3v) is 6.29. The van der Waals surface area contributed by atoms with E-state index in [9.17, 15) is 9.59 Å². The maximum Gasteiger partial charge on any atom is 0.254 e. The molecule has 1 aliphatic heterocycles. The van der Waals surface area contributed by atoms with Crippen molar-refractivity contribution in [2.45, 2.75) is 13.8 Å². The van der Waals surface area contributed by atoms with Gasteiger partial charge in [-0.1, -0.05) is 41.4 Å². The van der Waals surface area contributed by atoms with Gasteiger partial charge in [-0.3, -0.25) is 9.59 Å². The standard InChI is InChI=1S/C26H28ClN5O2/c1-3-30(26(34)21-8-10-22(27)11-9-21)18-25(33)32-16-14-31(15-17-32)24-13-12-23(28-29-24)20-6-4-19(2)5-7-20/h4-13H,3,14-18H2,1-2H3. The SMILES string of the molecule is CCN(CC(=O)N1CCN(c2ccc(-c3ccc(C)cc3)nn2)CC1)C(=O)c1ccc(Cl)cc1. The first-order valence-corrected chi connectivity index (χ1v) is 11.8. The Hall–Kier alpha value is -3.45. The molecule has 7 nitrogen and oxygen atoms in total. The monoisotopic (exact) mass is 477 g/mol. The normalized spacial score (nSPS) is 13.6. The van der Waals surface area contributed by atoms with Crippen molar-refractivity contribution >= 4 is 29.2 Å². The lowest BCUT2D eigenvalue weighted by Crippen LogP contribution is -2.52. The zero-order chi connectivity index (χ0) is 24.1. The van der Waals surface area contributed by atoms with Gasteiger partial charge in [0.2, 0.25) is 5.91 Å². The van der Waals surface area contributed by atoms with Gasteiger partial charge in [-0.25, -0.2) is 0 Å². The molecule has 34 heavy (non-hydrogen) atoms. The molecule has 4 rings (SSSR count). The van der Waals surface area contributed by atoms with Crippen molar-refractivity contribution in [3.63, 3.8) is 0 Å². The molecule has 2 amide bonds. The lowest BCUT2D eigenvalue weighted by Gasteiger charge is -2.36. The van der Waals surface area contributed by atoms with E-state index >= 15 is 0 Å². The topological polar surface area (TPSA) is 69.6 Å². The van der Waals surface area contributed by atoms with Crippen LogP contribution in [0, 0.1) is 6.92 Å². The Bertz CT molecular complexity index is 1130. The van der Waals surface area contributed by atoms with Crippen LogP contribution in [0.1, 0.15) is 22.8 Å². The smallest absolute Gasteiger partial charge is 0.254 e. The number of carbonyl (C=O) groups excluding carboxylic acids is 2. The molecule has 2 heterocycles. The molecule has 0 spiro atoms. The molecular weight excluding hydrogens is 450 g/mol. The fraction of sp³-hybridized carbons (Fsp3) is 0.308. The van der Waals surface area contributed by atoms with Crippen molar-refractivity contribution in [1.82, 2.24) is 20.0 Å².